The van der Waals surface area contributed by atoms with Crippen LogP contribution in [-0.2, 0) is 0 Å². The molecule has 0 aromatic carbocycles. The molecule has 0 aliphatic heterocycles. The molecule has 1 aromatic heterocycles. The number of rotatable bonds is 3. The fraction of sp³-hybridized carbons (Fsp3) is 0.750. The van der Waals surface area contributed by atoms with E-state index in [0.717, 1.165) is 10.1 Å². The first-order chi connectivity index (χ1) is 6.00. The Labute approximate surface area is 87.3 Å². The van der Waals surface area contributed by atoms with Gasteiger partial charge >= 0.3 is 0 Å². The van der Waals surface area contributed by atoms with Crippen LogP contribution in [0.3, 0.4) is 0 Å². The van der Waals surface area contributed by atoms with Crippen LogP contribution in [0, 0.1) is 5.41 Å². The summed E-state index contributed by atoms with van der Waals surface area (Å²) in [6.07, 6.45) is 1.58. The lowest BCUT2D eigenvalue weighted by Crippen LogP contribution is -2.37. The molecule has 0 radical (unpaired) electrons. The van der Waals surface area contributed by atoms with Crippen LogP contribution in [-0.4, -0.2) is 21.2 Å². The molecule has 0 saturated carbocycles. The van der Waals surface area contributed by atoms with E-state index in [1.807, 2.05) is 0 Å². The molecule has 0 amide bonds. The molecule has 1 rings (SSSR count). The lowest BCUT2D eigenvalue weighted by atomic mass is 9.89. The summed E-state index contributed by atoms with van der Waals surface area (Å²) < 4.78 is 4.93. The van der Waals surface area contributed by atoms with Gasteiger partial charge in [-0.3, -0.25) is 0 Å². The summed E-state index contributed by atoms with van der Waals surface area (Å²) >= 11 is 3.10. The van der Waals surface area contributed by atoms with Crippen molar-refractivity contribution in [1.82, 2.24) is 9.36 Å². The van der Waals surface area contributed by atoms with Gasteiger partial charge in [0.05, 0.1) is 0 Å². The summed E-state index contributed by atoms with van der Waals surface area (Å²) in [6.45, 7) is 6.45. The van der Waals surface area contributed by atoms with E-state index in [2.05, 4.69) is 30.1 Å². The average molecular weight is 217 g/mol. The second kappa shape index (κ2) is 4.39. The summed E-state index contributed by atoms with van der Waals surface area (Å²) in [4.78, 5) is 4.09. The highest BCUT2D eigenvalue weighted by Gasteiger charge is 2.20. The summed E-state index contributed by atoms with van der Waals surface area (Å²) in [5.74, 6) is 0.901. The highest BCUT2D eigenvalue weighted by Crippen LogP contribution is 2.25. The molecule has 0 fully saturated rings. The van der Waals surface area contributed by atoms with Gasteiger partial charge in [-0.05, 0) is 16.9 Å². The second-order valence-electron chi connectivity index (χ2n) is 3.99. The third kappa shape index (κ3) is 3.62. The SMILES string of the molecule is CC(C)(C)C(N)CSc1ncns1. The molecule has 5 heteroatoms. The van der Waals surface area contributed by atoms with Gasteiger partial charge < -0.3 is 5.73 Å². The topological polar surface area (TPSA) is 51.8 Å². The first-order valence-corrected chi connectivity index (χ1v) is 5.91. The van der Waals surface area contributed by atoms with Crippen molar-refractivity contribution in [2.24, 2.45) is 11.1 Å². The fourth-order valence-electron chi connectivity index (χ4n) is 0.638. The molecule has 1 unspecified atom stereocenters. The van der Waals surface area contributed by atoms with E-state index >= 15 is 0 Å². The maximum absolute atomic E-state index is 6.00. The predicted octanol–water partition coefficient (Wildman–Crippen LogP) is 2.00. The van der Waals surface area contributed by atoms with E-state index in [-0.39, 0.29) is 11.5 Å². The molecule has 1 atom stereocenters. The van der Waals surface area contributed by atoms with Gasteiger partial charge in [0.15, 0.2) is 4.34 Å². The first kappa shape index (κ1) is 10.9. The summed E-state index contributed by atoms with van der Waals surface area (Å²) in [5.41, 5.74) is 6.17. The van der Waals surface area contributed by atoms with Crippen molar-refractivity contribution in [3.05, 3.63) is 6.33 Å². The number of hydrogen-bond acceptors (Lipinski definition) is 5. The van der Waals surface area contributed by atoms with Crippen LogP contribution >= 0.6 is 23.3 Å². The highest BCUT2D eigenvalue weighted by molar-refractivity contribution is 8.00. The van der Waals surface area contributed by atoms with Crippen molar-refractivity contribution in [3.63, 3.8) is 0 Å². The molecule has 1 aromatic rings. The molecule has 0 spiro atoms. The smallest absolute Gasteiger partial charge is 0.169 e. The molecule has 0 aliphatic carbocycles. The Morgan fingerprint density at radius 2 is 2.31 bits per heavy atom. The Morgan fingerprint density at radius 1 is 1.62 bits per heavy atom. The molecule has 13 heavy (non-hydrogen) atoms. The molecule has 0 aliphatic rings. The first-order valence-electron chi connectivity index (χ1n) is 4.15. The summed E-state index contributed by atoms with van der Waals surface area (Å²) in [5, 5.41) is 0. The van der Waals surface area contributed by atoms with Gasteiger partial charge in [0, 0.05) is 11.8 Å². The normalized spacial score (nSPS) is 14.5. The number of nitrogens with two attached hydrogens (primary N) is 1. The van der Waals surface area contributed by atoms with E-state index in [1.165, 1.54) is 11.5 Å². The number of nitrogens with zero attached hydrogens (tertiary/aromatic N) is 2. The highest BCUT2D eigenvalue weighted by atomic mass is 32.2. The van der Waals surface area contributed by atoms with Crippen LogP contribution in [0.1, 0.15) is 20.8 Å². The quantitative estimate of drug-likeness (QED) is 0.787. The van der Waals surface area contributed by atoms with Crippen molar-refractivity contribution >= 4 is 23.3 Å². The minimum Gasteiger partial charge on any atom is -0.326 e. The van der Waals surface area contributed by atoms with Gasteiger partial charge in [-0.25, -0.2) is 4.98 Å². The number of thioether (sulfide) groups is 1. The summed E-state index contributed by atoms with van der Waals surface area (Å²) in [6, 6.07) is 0.196. The zero-order valence-corrected chi connectivity index (χ0v) is 9.78. The van der Waals surface area contributed by atoms with E-state index in [0.29, 0.717) is 0 Å². The van der Waals surface area contributed by atoms with Crippen molar-refractivity contribution < 1.29 is 0 Å². The number of aromatic nitrogens is 2. The van der Waals surface area contributed by atoms with E-state index in [9.17, 15) is 0 Å². The van der Waals surface area contributed by atoms with Gasteiger partial charge in [0.2, 0.25) is 0 Å². The minimum absolute atomic E-state index is 0.164. The van der Waals surface area contributed by atoms with Crippen molar-refractivity contribution in [1.29, 1.82) is 0 Å². The van der Waals surface area contributed by atoms with Crippen LogP contribution in [0.4, 0.5) is 0 Å². The van der Waals surface area contributed by atoms with Crippen LogP contribution in [0.5, 0.6) is 0 Å². The maximum atomic E-state index is 6.00. The molecule has 0 saturated heterocycles. The molecular formula is C8H15N3S2. The summed E-state index contributed by atoms with van der Waals surface area (Å²) in [7, 11) is 0. The number of hydrogen-bond donors (Lipinski definition) is 1. The Bertz CT molecular complexity index is 240. The standard InChI is InChI=1S/C8H15N3S2/c1-8(2,3)6(9)4-12-7-10-5-11-13-7/h5-6H,4,9H2,1-3H3. The van der Waals surface area contributed by atoms with Crippen LogP contribution in [0.15, 0.2) is 10.7 Å². The second-order valence-corrected chi connectivity index (χ2v) is 6.04. The molecule has 0 bridgehead atoms. The monoisotopic (exact) mass is 217 g/mol. The lowest BCUT2D eigenvalue weighted by molar-refractivity contribution is 0.344. The van der Waals surface area contributed by atoms with Gasteiger partial charge in [0.1, 0.15) is 6.33 Å². The molecule has 2 N–H and O–H groups in total. The van der Waals surface area contributed by atoms with E-state index < -0.39 is 0 Å². The Kier molecular flexibility index (Phi) is 3.70. The van der Waals surface area contributed by atoms with Crippen molar-refractivity contribution in [3.8, 4) is 0 Å². The maximum Gasteiger partial charge on any atom is 0.169 e. The third-order valence-electron chi connectivity index (χ3n) is 1.84. The van der Waals surface area contributed by atoms with Gasteiger partial charge in [0.25, 0.3) is 0 Å². The van der Waals surface area contributed by atoms with Gasteiger partial charge in [-0.15, -0.1) is 0 Å². The Morgan fingerprint density at radius 3 is 2.77 bits per heavy atom. The van der Waals surface area contributed by atoms with Crippen LogP contribution in [0.2, 0.25) is 0 Å². The fourth-order valence-corrected chi connectivity index (χ4v) is 2.40. The van der Waals surface area contributed by atoms with Gasteiger partial charge in [-0.2, -0.15) is 4.37 Å². The lowest BCUT2D eigenvalue weighted by Gasteiger charge is -2.26. The largest absolute Gasteiger partial charge is 0.326 e. The zero-order valence-electron chi connectivity index (χ0n) is 8.15. The molecule has 3 nitrogen and oxygen atoms in total. The minimum atomic E-state index is 0.164. The Balaban J connectivity index is 2.35. The average Bonchev–Trinajstić information content (AvgIpc) is 2.50. The third-order valence-corrected chi connectivity index (χ3v) is 3.76. The molecular weight excluding hydrogens is 202 g/mol. The van der Waals surface area contributed by atoms with Crippen LogP contribution < -0.4 is 5.73 Å². The Hall–Kier alpha value is -0.130. The predicted molar refractivity (Wildman–Crippen MR) is 58.1 cm³/mol. The van der Waals surface area contributed by atoms with Crippen LogP contribution in [0.25, 0.3) is 0 Å². The molecule has 74 valence electrons. The zero-order chi connectivity index (χ0) is 9.90. The van der Waals surface area contributed by atoms with E-state index in [1.54, 1.807) is 18.1 Å². The van der Waals surface area contributed by atoms with Crippen molar-refractivity contribution in [2.75, 3.05) is 5.75 Å². The van der Waals surface area contributed by atoms with Gasteiger partial charge in [-0.1, -0.05) is 32.5 Å². The molecule has 1 heterocycles. The van der Waals surface area contributed by atoms with Crippen molar-refractivity contribution in [2.45, 2.75) is 31.2 Å². The van der Waals surface area contributed by atoms with E-state index in [4.69, 9.17) is 5.73 Å².